The summed E-state index contributed by atoms with van der Waals surface area (Å²) in [7, 11) is 0. The van der Waals surface area contributed by atoms with E-state index in [9.17, 15) is 14.7 Å². The molecule has 0 bridgehead atoms. The molecule has 2 aliphatic heterocycles. The number of rotatable bonds is 2. The number of fused-ring (bicyclic) bond motifs is 1. The van der Waals surface area contributed by atoms with Crippen molar-refractivity contribution in [3.8, 4) is 0 Å². The maximum absolute atomic E-state index is 12.2. The summed E-state index contributed by atoms with van der Waals surface area (Å²) in [6.07, 6.45) is 6.76. The maximum Gasteiger partial charge on any atom is 0.339 e. The highest BCUT2D eigenvalue weighted by Gasteiger charge is 2.82. The molecule has 5 nitrogen and oxygen atoms in total. The molecule has 5 heteroatoms. The van der Waals surface area contributed by atoms with Crippen molar-refractivity contribution in [1.82, 2.24) is 5.32 Å². The van der Waals surface area contributed by atoms with Gasteiger partial charge in [0.05, 0.1) is 5.92 Å². The van der Waals surface area contributed by atoms with E-state index < -0.39 is 28.6 Å². The third-order valence-corrected chi connectivity index (χ3v) is 5.62. The molecule has 2 N–H and O–H groups in total. The fourth-order valence-corrected chi connectivity index (χ4v) is 4.03. The van der Waals surface area contributed by atoms with Crippen LogP contribution >= 0.6 is 0 Å². The van der Waals surface area contributed by atoms with Crippen LogP contribution in [0.15, 0.2) is 12.2 Å². The molecule has 1 amide bonds. The summed E-state index contributed by atoms with van der Waals surface area (Å²) in [4.78, 5) is 24.2. The highest BCUT2D eigenvalue weighted by Crippen LogP contribution is 2.56. The normalized spacial score (nSPS) is 46.0. The van der Waals surface area contributed by atoms with Crippen LogP contribution in [-0.4, -0.2) is 33.7 Å². The maximum atomic E-state index is 12.2. The summed E-state index contributed by atoms with van der Waals surface area (Å²) in [6, 6.07) is 0. The first-order chi connectivity index (χ1) is 9.27. The van der Waals surface area contributed by atoms with Crippen molar-refractivity contribution in [2.75, 3.05) is 0 Å². The second-order valence-corrected chi connectivity index (χ2v) is 6.57. The van der Waals surface area contributed by atoms with Crippen molar-refractivity contribution in [3.05, 3.63) is 12.2 Å². The van der Waals surface area contributed by atoms with E-state index in [0.29, 0.717) is 0 Å². The molecule has 0 aromatic heterocycles. The summed E-state index contributed by atoms with van der Waals surface area (Å²) in [5.74, 6) is -1.38. The number of amides is 1. The van der Waals surface area contributed by atoms with Crippen molar-refractivity contribution in [2.24, 2.45) is 11.8 Å². The predicted molar refractivity (Wildman–Crippen MR) is 71.6 cm³/mol. The Hall–Kier alpha value is -1.36. The number of hydrogen-bond acceptors (Lipinski definition) is 4. The summed E-state index contributed by atoms with van der Waals surface area (Å²) in [5.41, 5.74) is -3.66. The zero-order chi connectivity index (χ0) is 14.8. The molecular weight excluding hydrogens is 258 g/mol. The average molecular weight is 279 g/mol. The lowest BCUT2D eigenvalue weighted by atomic mass is 9.59. The molecule has 2 heterocycles. The second kappa shape index (κ2) is 3.85. The molecule has 0 saturated carbocycles. The Morgan fingerprint density at radius 3 is 2.70 bits per heavy atom. The van der Waals surface area contributed by atoms with Gasteiger partial charge in [-0.05, 0) is 40.0 Å². The summed E-state index contributed by atoms with van der Waals surface area (Å²) < 4.78 is 5.31. The molecule has 110 valence electrons. The zero-order valence-electron chi connectivity index (χ0n) is 12.1. The molecule has 3 rings (SSSR count). The summed E-state index contributed by atoms with van der Waals surface area (Å²) in [5, 5.41) is 13.9. The lowest BCUT2D eigenvalue weighted by molar-refractivity contribution is -0.255. The Morgan fingerprint density at radius 1 is 1.50 bits per heavy atom. The molecule has 0 aromatic carbocycles. The van der Waals surface area contributed by atoms with Crippen LogP contribution in [0.3, 0.4) is 0 Å². The first-order valence-corrected chi connectivity index (χ1v) is 7.22. The third kappa shape index (κ3) is 1.27. The largest absolute Gasteiger partial charge is 0.453 e. The van der Waals surface area contributed by atoms with E-state index >= 15 is 0 Å². The highest BCUT2D eigenvalue weighted by molar-refractivity contribution is 6.02. The van der Waals surface area contributed by atoms with Crippen molar-refractivity contribution >= 4 is 11.9 Å². The van der Waals surface area contributed by atoms with Crippen LogP contribution < -0.4 is 5.32 Å². The van der Waals surface area contributed by atoms with Gasteiger partial charge in [-0.25, -0.2) is 4.79 Å². The van der Waals surface area contributed by atoms with Gasteiger partial charge in [-0.3, -0.25) is 4.79 Å². The van der Waals surface area contributed by atoms with Gasteiger partial charge in [-0.15, -0.1) is 0 Å². The fraction of sp³-hybridized carbons (Fsp3) is 0.733. The molecule has 0 radical (unpaired) electrons. The van der Waals surface area contributed by atoms with E-state index in [1.54, 1.807) is 20.8 Å². The molecule has 2 fully saturated rings. The molecule has 3 aliphatic rings. The first-order valence-electron chi connectivity index (χ1n) is 7.22. The minimum Gasteiger partial charge on any atom is -0.453 e. The van der Waals surface area contributed by atoms with Crippen LogP contribution in [0.2, 0.25) is 0 Å². The van der Waals surface area contributed by atoms with Crippen LogP contribution in [0.25, 0.3) is 0 Å². The fourth-order valence-electron chi connectivity index (χ4n) is 4.03. The predicted octanol–water partition coefficient (Wildman–Crippen LogP) is 0.914. The monoisotopic (exact) mass is 279 g/mol. The number of carbonyl (C=O) groups excluding carboxylic acids is 2. The average Bonchev–Trinajstić information content (AvgIpc) is 2.58. The van der Waals surface area contributed by atoms with Crippen molar-refractivity contribution in [2.45, 2.75) is 56.8 Å². The van der Waals surface area contributed by atoms with Crippen molar-refractivity contribution < 1.29 is 19.4 Å². The number of nitrogens with one attached hydrogen (secondary N) is 1. The Balaban J connectivity index is 2.06. The van der Waals surface area contributed by atoms with E-state index in [1.807, 2.05) is 12.2 Å². The lowest BCUT2D eigenvalue weighted by Crippen LogP contribution is -2.84. The van der Waals surface area contributed by atoms with Crippen LogP contribution in [-0.2, 0) is 14.3 Å². The molecule has 20 heavy (non-hydrogen) atoms. The standard InChI is InChI=1S/C15H21NO4/c1-9-11(17)16-15(12(18)20-14(9,15)3)13(2,19)10-7-5-4-6-8-10/h5,7,9-10,19H,4,6,8H2,1-3H3,(H,16,17)/t9-,10-,13+,14+,15-/m1/s1. The van der Waals surface area contributed by atoms with E-state index in [2.05, 4.69) is 5.32 Å². The third-order valence-electron chi connectivity index (χ3n) is 5.62. The summed E-state index contributed by atoms with van der Waals surface area (Å²) >= 11 is 0. The number of esters is 1. The molecule has 5 atom stereocenters. The van der Waals surface area contributed by atoms with Crippen LogP contribution in [0.5, 0.6) is 0 Å². The number of allylic oxidation sites excluding steroid dienone is 1. The van der Waals surface area contributed by atoms with Crippen LogP contribution in [0.1, 0.15) is 40.0 Å². The van der Waals surface area contributed by atoms with Gasteiger partial charge in [0, 0.05) is 5.92 Å². The summed E-state index contributed by atoms with van der Waals surface area (Å²) in [6.45, 7) is 5.11. The van der Waals surface area contributed by atoms with E-state index in [4.69, 9.17) is 4.74 Å². The van der Waals surface area contributed by atoms with E-state index in [1.165, 1.54) is 0 Å². The van der Waals surface area contributed by atoms with Gasteiger partial charge >= 0.3 is 5.97 Å². The molecule has 2 saturated heterocycles. The smallest absolute Gasteiger partial charge is 0.339 e. The molecular formula is C15H21NO4. The van der Waals surface area contributed by atoms with Gasteiger partial charge in [0.25, 0.3) is 0 Å². The number of aliphatic hydroxyl groups is 1. The highest BCUT2D eigenvalue weighted by atomic mass is 16.6. The topological polar surface area (TPSA) is 75.6 Å². The zero-order valence-corrected chi connectivity index (χ0v) is 12.1. The van der Waals surface area contributed by atoms with E-state index in [0.717, 1.165) is 19.3 Å². The van der Waals surface area contributed by atoms with Crippen molar-refractivity contribution in [3.63, 3.8) is 0 Å². The molecule has 0 spiro atoms. The number of ether oxygens (including phenoxy) is 1. The van der Waals surface area contributed by atoms with Crippen LogP contribution in [0.4, 0.5) is 0 Å². The minimum absolute atomic E-state index is 0.158. The lowest BCUT2D eigenvalue weighted by Gasteiger charge is -2.58. The molecule has 0 aromatic rings. The number of hydrogen-bond donors (Lipinski definition) is 2. The van der Waals surface area contributed by atoms with Gasteiger partial charge in [0.2, 0.25) is 11.4 Å². The quantitative estimate of drug-likeness (QED) is 0.582. The minimum atomic E-state index is -1.35. The Kier molecular flexibility index (Phi) is 2.62. The number of carbonyl (C=O) groups is 2. The first kappa shape index (κ1) is 13.6. The van der Waals surface area contributed by atoms with Crippen molar-refractivity contribution in [1.29, 1.82) is 0 Å². The molecule has 1 aliphatic carbocycles. The van der Waals surface area contributed by atoms with Gasteiger partial charge in [-0.2, -0.15) is 0 Å². The van der Waals surface area contributed by atoms with Gasteiger partial charge in [-0.1, -0.05) is 12.2 Å². The molecule has 0 unspecified atom stereocenters. The van der Waals surface area contributed by atoms with Gasteiger partial charge < -0.3 is 15.2 Å². The van der Waals surface area contributed by atoms with Crippen LogP contribution in [0, 0.1) is 11.8 Å². The van der Waals surface area contributed by atoms with E-state index in [-0.39, 0.29) is 11.8 Å². The SMILES string of the molecule is C[C@@H]1C(=O)N[C@@]2([C@@](C)(O)[C@@H]3C=CCCC3)C(=O)O[C@@]12C. The Bertz CT molecular complexity index is 512. The second-order valence-electron chi connectivity index (χ2n) is 6.57. The Labute approximate surface area is 118 Å². The Morgan fingerprint density at radius 2 is 2.20 bits per heavy atom. The van der Waals surface area contributed by atoms with Gasteiger partial charge in [0.1, 0.15) is 5.60 Å². The van der Waals surface area contributed by atoms with Gasteiger partial charge in [0.15, 0.2) is 5.60 Å².